The lowest BCUT2D eigenvalue weighted by Gasteiger charge is -2.50. The first kappa shape index (κ1) is 16.1. The van der Waals surface area contributed by atoms with Gasteiger partial charge in [0.25, 0.3) is 5.91 Å². The zero-order chi connectivity index (χ0) is 16.6. The minimum atomic E-state index is -0.0441. The number of carbonyl (C=O) groups excluding carboxylic acids is 1. The number of hydrogen-bond donors (Lipinski definition) is 0. The highest BCUT2D eigenvalue weighted by Gasteiger charge is 2.47. The molecule has 4 nitrogen and oxygen atoms in total. The molecule has 2 atom stereocenters. The number of benzene rings is 1. The molecular formula is C19H23NO3S. The summed E-state index contributed by atoms with van der Waals surface area (Å²) in [7, 11) is 1.74. The molecule has 4 rings (SSSR count). The van der Waals surface area contributed by atoms with Crippen molar-refractivity contribution >= 4 is 27.3 Å². The second-order valence-corrected chi connectivity index (χ2v) is 8.01. The molecule has 2 aromatic rings. The van der Waals surface area contributed by atoms with Crippen molar-refractivity contribution in [2.75, 3.05) is 33.4 Å². The Kier molecular flexibility index (Phi) is 4.33. The predicted octanol–water partition coefficient (Wildman–Crippen LogP) is 3.56. The van der Waals surface area contributed by atoms with E-state index in [0.29, 0.717) is 6.61 Å². The van der Waals surface area contributed by atoms with Crippen LogP contribution in [0.5, 0.6) is 0 Å². The highest BCUT2D eigenvalue weighted by molar-refractivity contribution is 7.20. The van der Waals surface area contributed by atoms with Crippen LogP contribution in [-0.4, -0.2) is 50.3 Å². The maximum atomic E-state index is 13.0. The van der Waals surface area contributed by atoms with Crippen LogP contribution in [0.2, 0.25) is 0 Å². The summed E-state index contributed by atoms with van der Waals surface area (Å²) < 4.78 is 12.7. The standard InChI is InChI=1S/C19H23NO3S/c1-22-13-19-8-4-10-23-17(19)7-9-20(12-19)18(21)16-11-14-5-2-3-6-15(14)24-16/h2-3,5-6,11,17H,4,7-10,12-13H2,1H3/t17-,19+/m1/s1. The molecule has 0 radical (unpaired) electrons. The number of amides is 1. The van der Waals surface area contributed by atoms with Crippen molar-refractivity contribution in [3.05, 3.63) is 35.2 Å². The van der Waals surface area contributed by atoms with Crippen molar-refractivity contribution in [2.24, 2.45) is 5.41 Å². The lowest BCUT2D eigenvalue weighted by atomic mass is 9.73. The average molecular weight is 345 g/mol. The van der Waals surface area contributed by atoms with Crippen LogP contribution in [0, 0.1) is 5.41 Å². The monoisotopic (exact) mass is 345 g/mol. The van der Waals surface area contributed by atoms with Gasteiger partial charge >= 0.3 is 0 Å². The van der Waals surface area contributed by atoms with E-state index < -0.39 is 0 Å². The van der Waals surface area contributed by atoms with E-state index in [9.17, 15) is 4.79 Å². The summed E-state index contributed by atoms with van der Waals surface area (Å²) in [4.78, 5) is 15.9. The summed E-state index contributed by atoms with van der Waals surface area (Å²) in [5, 5.41) is 1.15. The van der Waals surface area contributed by atoms with Gasteiger partial charge in [0, 0.05) is 36.9 Å². The molecule has 0 unspecified atom stereocenters. The third-order valence-electron chi connectivity index (χ3n) is 5.34. The molecule has 0 N–H and O–H groups in total. The summed E-state index contributed by atoms with van der Waals surface area (Å²) in [5.41, 5.74) is -0.0441. The summed E-state index contributed by atoms with van der Waals surface area (Å²) >= 11 is 1.59. The lowest BCUT2D eigenvalue weighted by molar-refractivity contribution is -0.142. The highest BCUT2D eigenvalue weighted by atomic mass is 32.1. The number of ether oxygens (including phenoxy) is 2. The van der Waals surface area contributed by atoms with Crippen LogP contribution in [0.1, 0.15) is 28.9 Å². The Bertz CT molecular complexity index is 706. The first-order valence-electron chi connectivity index (χ1n) is 8.60. The lowest BCUT2D eigenvalue weighted by Crippen LogP contribution is -2.57. The number of piperidine rings is 1. The SMILES string of the molecule is COC[C@@]12CCCO[C@@H]1CCN(C(=O)c1cc3ccccc3s1)C2. The predicted molar refractivity (Wildman–Crippen MR) is 95.6 cm³/mol. The summed E-state index contributed by atoms with van der Waals surface area (Å²) in [6, 6.07) is 10.2. The molecule has 0 spiro atoms. The van der Waals surface area contributed by atoms with Crippen LogP contribution >= 0.6 is 11.3 Å². The molecule has 2 saturated heterocycles. The van der Waals surface area contributed by atoms with E-state index >= 15 is 0 Å². The van der Waals surface area contributed by atoms with Crippen LogP contribution in [0.25, 0.3) is 10.1 Å². The molecule has 1 aromatic carbocycles. The third-order valence-corrected chi connectivity index (χ3v) is 6.45. The maximum absolute atomic E-state index is 13.0. The number of thiophene rings is 1. The van der Waals surface area contributed by atoms with Crippen molar-refractivity contribution < 1.29 is 14.3 Å². The van der Waals surface area contributed by atoms with Crippen molar-refractivity contribution in [1.29, 1.82) is 0 Å². The minimum absolute atomic E-state index is 0.0441. The number of fused-ring (bicyclic) bond motifs is 2. The molecule has 24 heavy (non-hydrogen) atoms. The molecule has 2 fully saturated rings. The Hall–Kier alpha value is -1.43. The van der Waals surface area contributed by atoms with E-state index in [1.807, 2.05) is 23.1 Å². The zero-order valence-electron chi connectivity index (χ0n) is 14.0. The molecule has 2 aliphatic rings. The molecule has 3 heterocycles. The van der Waals surface area contributed by atoms with Crippen LogP contribution in [0.15, 0.2) is 30.3 Å². The number of nitrogens with zero attached hydrogens (tertiary/aromatic N) is 1. The van der Waals surface area contributed by atoms with Gasteiger partial charge in [0.1, 0.15) is 0 Å². The van der Waals surface area contributed by atoms with E-state index in [1.54, 1.807) is 18.4 Å². The van der Waals surface area contributed by atoms with Gasteiger partial charge in [-0.25, -0.2) is 0 Å². The van der Waals surface area contributed by atoms with Gasteiger partial charge in [0.2, 0.25) is 0 Å². The van der Waals surface area contributed by atoms with E-state index in [-0.39, 0.29) is 17.4 Å². The number of carbonyl (C=O) groups is 1. The van der Waals surface area contributed by atoms with Crippen molar-refractivity contribution in [3.8, 4) is 0 Å². The van der Waals surface area contributed by atoms with Crippen molar-refractivity contribution in [3.63, 3.8) is 0 Å². The van der Waals surface area contributed by atoms with Crippen LogP contribution in [0.4, 0.5) is 0 Å². The van der Waals surface area contributed by atoms with E-state index in [2.05, 4.69) is 12.1 Å². The normalized spacial score (nSPS) is 27.2. The molecule has 0 saturated carbocycles. The van der Waals surface area contributed by atoms with Crippen LogP contribution in [0.3, 0.4) is 0 Å². The van der Waals surface area contributed by atoms with Crippen LogP contribution < -0.4 is 0 Å². The molecule has 1 aromatic heterocycles. The quantitative estimate of drug-likeness (QED) is 0.854. The first-order valence-corrected chi connectivity index (χ1v) is 9.42. The summed E-state index contributed by atoms with van der Waals surface area (Å²) in [5.74, 6) is 0.149. The minimum Gasteiger partial charge on any atom is -0.384 e. The smallest absolute Gasteiger partial charge is 0.263 e. The second-order valence-electron chi connectivity index (χ2n) is 6.92. The summed E-state index contributed by atoms with van der Waals surface area (Å²) in [6.45, 7) is 3.00. The Labute approximate surface area is 146 Å². The van der Waals surface area contributed by atoms with Crippen molar-refractivity contribution in [1.82, 2.24) is 4.90 Å². The second kappa shape index (κ2) is 6.47. The van der Waals surface area contributed by atoms with Gasteiger partial charge in [0.05, 0.1) is 17.6 Å². The molecule has 0 bridgehead atoms. The largest absolute Gasteiger partial charge is 0.384 e. The van der Waals surface area contributed by atoms with Gasteiger partial charge in [-0.05, 0) is 36.8 Å². The number of methoxy groups -OCH3 is 1. The molecule has 0 aliphatic carbocycles. The van der Waals surface area contributed by atoms with Gasteiger partial charge in [-0.3, -0.25) is 4.79 Å². The zero-order valence-corrected chi connectivity index (χ0v) is 14.8. The third kappa shape index (κ3) is 2.75. The molecule has 1 amide bonds. The Morgan fingerprint density at radius 1 is 1.46 bits per heavy atom. The van der Waals surface area contributed by atoms with Gasteiger partial charge in [-0.1, -0.05) is 18.2 Å². The van der Waals surface area contributed by atoms with Gasteiger partial charge < -0.3 is 14.4 Å². The molecule has 5 heteroatoms. The van der Waals surface area contributed by atoms with Gasteiger partial charge in [-0.15, -0.1) is 11.3 Å². The molecule has 2 aliphatic heterocycles. The molecule has 128 valence electrons. The van der Waals surface area contributed by atoms with Gasteiger partial charge in [0.15, 0.2) is 0 Å². The van der Waals surface area contributed by atoms with Gasteiger partial charge in [-0.2, -0.15) is 0 Å². The Morgan fingerprint density at radius 3 is 3.17 bits per heavy atom. The average Bonchev–Trinajstić information content (AvgIpc) is 3.04. The number of hydrogen-bond acceptors (Lipinski definition) is 4. The van der Waals surface area contributed by atoms with Crippen LogP contribution in [-0.2, 0) is 9.47 Å². The Balaban J connectivity index is 1.58. The Morgan fingerprint density at radius 2 is 2.33 bits per heavy atom. The van der Waals surface area contributed by atoms with Crippen molar-refractivity contribution in [2.45, 2.75) is 25.4 Å². The first-order chi connectivity index (χ1) is 11.7. The number of rotatable bonds is 3. The summed E-state index contributed by atoms with van der Waals surface area (Å²) in [6.07, 6.45) is 3.24. The topological polar surface area (TPSA) is 38.8 Å². The highest BCUT2D eigenvalue weighted by Crippen LogP contribution is 2.41. The van der Waals surface area contributed by atoms with E-state index in [0.717, 1.165) is 49.2 Å². The fourth-order valence-electron chi connectivity index (χ4n) is 4.20. The fraction of sp³-hybridized carbons (Fsp3) is 0.526. The molecular weight excluding hydrogens is 322 g/mol. The number of likely N-dealkylation sites (tertiary alicyclic amines) is 1. The maximum Gasteiger partial charge on any atom is 0.263 e. The fourth-order valence-corrected chi connectivity index (χ4v) is 5.24. The van der Waals surface area contributed by atoms with E-state index in [1.165, 1.54) is 4.70 Å². The van der Waals surface area contributed by atoms with E-state index in [4.69, 9.17) is 9.47 Å².